The van der Waals surface area contributed by atoms with Gasteiger partial charge < -0.3 is 4.74 Å². The Morgan fingerprint density at radius 2 is 2.10 bits per heavy atom. The second kappa shape index (κ2) is 5.46. The fourth-order valence-electron chi connectivity index (χ4n) is 3.08. The molecule has 106 valence electrons. The highest BCUT2D eigenvalue weighted by atomic mass is 16.5. The molecule has 0 aliphatic heterocycles. The SMILES string of the molecule is Cc1ccccc1OC1CCCC(C#N)(NC2CC2)C1. The van der Waals surface area contributed by atoms with E-state index in [0.29, 0.717) is 6.04 Å². The third-order valence-corrected chi connectivity index (χ3v) is 4.36. The largest absolute Gasteiger partial charge is 0.490 e. The van der Waals surface area contributed by atoms with Crippen LogP contribution in [0.2, 0.25) is 0 Å². The molecule has 3 nitrogen and oxygen atoms in total. The molecule has 2 aliphatic rings. The Hall–Kier alpha value is -1.53. The van der Waals surface area contributed by atoms with Crippen LogP contribution in [0.4, 0.5) is 0 Å². The lowest BCUT2D eigenvalue weighted by Crippen LogP contribution is -2.50. The van der Waals surface area contributed by atoms with Crippen LogP contribution in [0.15, 0.2) is 24.3 Å². The first-order valence-electron chi connectivity index (χ1n) is 7.62. The van der Waals surface area contributed by atoms with Crippen molar-refractivity contribution in [3.05, 3.63) is 29.8 Å². The number of nitrogens with one attached hydrogen (secondary N) is 1. The van der Waals surface area contributed by atoms with Crippen LogP contribution < -0.4 is 10.1 Å². The summed E-state index contributed by atoms with van der Waals surface area (Å²) < 4.78 is 6.15. The van der Waals surface area contributed by atoms with Gasteiger partial charge in [0.15, 0.2) is 0 Å². The highest BCUT2D eigenvalue weighted by Gasteiger charge is 2.41. The fourth-order valence-corrected chi connectivity index (χ4v) is 3.08. The zero-order valence-electron chi connectivity index (χ0n) is 12.1. The number of ether oxygens (including phenoxy) is 1. The van der Waals surface area contributed by atoms with Crippen LogP contribution in [0.3, 0.4) is 0 Å². The lowest BCUT2D eigenvalue weighted by molar-refractivity contribution is 0.111. The maximum absolute atomic E-state index is 9.59. The maximum atomic E-state index is 9.59. The number of hydrogen-bond donors (Lipinski definition) is 1. The lowest BCUT2D eigenvalue weighted by Gasteiger charge is -2.36. The van der Waals surface area contributed by atoms with E-state index in [1.165, 1.54) is 12.8 Å². The van der Waals surface area contributed by atoms with Crippen molar-refractivity contribution in [2.45, 2.75) is 63.1 Å². The highest BCUT2D eigenvalue weighted by Crippen LogP contribution is 2.34. The summed E-state index contributed by atoms with van der Waals surface area (Å²) in [5.41, 5.74) is 0.794. The highest BCUT2D eigenvalue weighted by molar-refractivity contribution is 5.32. The molecule has 1 aromatic rings. The van der Waals surface area contributed by atoms with Gasteiger partial charge in [0, 0.05) is 12.5 Å². The third-order valence-electron chi connectivity index (χ3n) is 4.36. The van der Waals surface area contributed by atoms with Gasteiger partial charge in [-0.1, -0.05) is 18.2 Å². The third kappa shape index (κ3) is 2.96. The van der Waals surface area contributed by atoms with Crippen LogP contribution in [0.1, 0.15) is 44.1 Å². The molecule has 0 bridgehead atoms. The van der Waals surface area contributed by atoms with E-state index in [2.05, 4.69) is 24.4 Å². The summed E-state index contributed by atoms with van der Waals surface area (Å²) in [5.74, 6) is 0.956. The zero-order chi connectivity index (χ0) is 14.0. The molecule has 0 heterocycles. The molecule has 0 aromatic heterocycles. The standard InChI is InChI=1S/C17H22N2O/c1-13-5-2-3-7-16(13)20-15-6-4-10-17(11-15,12-18)19-14-8-9-14/h2-3,5,7,14-15,19H,4,6,8-11H2,1H3. The van der Waals surface area contributed by atoms with Crippen molar-refractivity contribution in [1.29, 1.82) is 5.26 Å². The van der Waals surface area contributed by atoms with Crippen LogP contribution in [-0.2, 0) is 0 Å². The zero-order valence-corrected chi connectivity index (χ0v) is 12.1. The molecule has 1 aromatic carbocycles. The molecular formula is C17H22N2O. The van der Waals surface area contributed by atoms with Crippen LogP contribution in [0, 0.1) is 18.3 Å². The van der Waals surface area contributed by atoms with Gasteiger partial charge >= 0.3 is 0 Å². The Labute approximate surface area is 120 Å². The summed E-state index contributed by atoms with van der Waals surface area (Å²) in [6.45, 7) is 2.07. The first-order valence-corrected chi connectivity index (χ1v) is 7.62. The summed E-state index contributed by atoms with van der Waals surface area (Å²) in [6, 6.07) is 11.2. The van der Waals surface area contributed by atoms with Crippen molar-refractivity contribution in [1.82, 2.24) is 5.32 Å². The molecule has 0 spiro atoms. The minimum absolute atomic E-state index is 0.149. The number of nitriles is 1. The molecule has 20 heavy (non-hydrogen) atoms. The number of para-hydroxylation sites is 1. The van der Waals surface area contributed by atoms with E-state index in [0.717, 1.165) is 37.0 Å². The number of aryl methyl sites for hydroxylation is 1. The molecule has 2 fully saturated rings. The normalized spacial score (nSPS) is 29.7. The molecule has 0 amide bonds. The summed E-state index contributed by atoms with van der Waals surface area (Å²) in [7, 11) is 0. The summed E-state index contributed by atoms with van der Waals surface area (Å²) >= 11 is 0. The minimum Gasteiger partial charge on any atom is -0.490 e. The van der Waals surface area contributed by atoms with Crippen molar-refractivity contribution >= 4 is 0 Å². The average Bonchev–Trinajstić information content (AvgIpc) is 3.26. The Kier molecular flexibility index (Phi) is 3.67. The number of hydrogen-bond acceptors (Lipinski definition) is 3. The average molecular weight is 270 g/mol. The number of rotatable bonds is 4. The van der Waals surface area contributed by atoms with Crippen molar-refractivity contribution in [3.8, 4) is 11.8 Å². The molecular weight excluding hydrogens is 248 g/mol. The lowest BCUT2D eigenvalue weighted by atomic mass is 9.81. The summed E-state index contributed by atoms with van der Waals surface area (Å²) in [6.07, 6.45) is 6.44. The van der Waals surface area contributed by atoms with Gasteiger partial charge in [-0.3, -0.25) is 5.32 Å². The predicted octanol–water partition coefficient (Wildman–Crippen LogP) is 3.33. The molecule has 2 aliphatic carbocycles. The Bertz CT molecular complexity index is 518. The van der Waals surface area contributed by atoms with Crippen LogP contribution >= 0.6 is 0 Å². The minimum atomic E-state index is -0.368. The molecule has 2 saturated carbocycles. The maximum Gasteiger partial charge on any atom is 0.122 e. The van der Waals surface area contributed by atoms with Crippen LogP contribution in [0.25, 0.3) is 0 Å². The van der Waals surface area contributed by atoms with E-state index in [4.69, 9.17) is 4.74 Å². The fraction of sp³-hybridized carbons (Fsp3) is 0.588. The van der Waals surface area contributed by atoms with Gasteiger partial charge in [0.2, 0.25) is 0 Å². The second-order valence-electron chi connectivity index (χ2n) is 6.21. The van der Waals surface area contributed by atoms with Gasteiger partial charge in [0.1, 0.15) is 17.4 Å². The number of nitrogens with zero attached hydrogens (tertiary/aromatic N) is 1. The number of benzene rings is 1. The van der Waals surface area contributed by atoms with Crippen molar-refractivity contribution in [2.24, 2.45) is 0 Å². The van der Waals surface area contributed by atoms with Crippen LogP contribution in [0.5, 0.6) is 5.75 Å². The van der Waals surface area contributed by atoms with Crippen LogP contribution in [-0.4, -0.2) is 17.7 Å². The first-order chi connectivity index (χ1) is 9.71. The molecule has 3 heteroatoms. The monoisotopic (exact) mass is 270 g/mol. The van der Waals surface area contributed by atoms with E-state index in [-0.39, 0.29) is 11.6 Å². The van der Waals surface area contributed by atoms with Crippen molar-refractivity contribution in [3.63, 3.8) is 0 Å². The van der Waals surface area contributed by atoms with E-state index < -0.39 is 0 Å². The van der Waals surface area contributed by atoms with Gasteiger partial charge in [-0.2, -0.15) is 5.26 Å². The Morgan fingerprint density at radius 1 is 1.30 bits per heavy atom. The van der Waals surface area contributed by atoms with Crippen molar-refractivity contribution in [2.75, 3.05) is 0 Å². The predicted molar refractivity (Wildman–Crippen MR) is 78.6 cm³/mol. The molecule has 0 radical (unpaired) electrons. The van der Waals surface area contributed by atoms with Gasteiger partial charge in [-0.15, -0.1) is 0 Å². The van der Waals surface area contributed by atoms with E-state index in [9.17, 15) is 5.26 Å². The molecule has 2 atom stereocenters. The first kappa shape index (κ1) is 13.5. The van der Waals surface area contributed by atoms with E-state index in [1.807, 2.05) is 18.2 Å². The summed E-state index contributed by atoms with van der Waals surface area (Å²) in [4.78, 5) is 0. The quantitative estimate of drug-likeness (QED) is 0.912. The smallest absolute Gasteiger partial charge is 0.122 e. The van der Waals surface area contributed by atoms with Gasteiger partial charge in [-0.25, -0.2) is 0 Å². The van der Waals surface area contributed by atoms with Gasteiger partial charge in [-0.05, 0) is 50.7 Å². The Balaban J connectivity index is 1.68. The van der Waals surface area contributed by atoms with Crippen molar-refractivity contribution < 1.29 is 4.74 Å². The van der Waals surface area contributed by atoms with E-state index in [1.54, 1.807) is 0 Å². The summed E-state index contributed by atoms with van der Waals surface area (Å²) in [5, 5.41) is 13.1. The Morgan fingerprint density at radius 3 is 2.80 bits per heavy atom. The van der Waals surface area contributed by atoms with Gasteiger partial charge in [0.05, 0.1) is 6.07 Å². The topological polar surface area (TPSA) is 45.0 Å². The molecule has 3 rings (SSSR count). The molecule has 1 N–H and O–H groups in total. The van der Waals surface area contributed by atoms with Gasteiger partial charge in [0.25, 0.3) is 0 Å². The van der Waals surface area contributed by atoms with E-state index >= 15 is 0 Å². The second-order valence-corrected chi connectivity index (χ2v) is 6.21. The molecule has 2 unspecified atom stereocenters. The molecule has 0 saturated heterocycles.